The highest BCUT2D eigenvalue weighted by Crippen LogP contribution is 1.92. The molecule has 0 bridgehead atoms. The van der Waals surface area contributed by atoms with E-state index in [1.54, 1.807) is 0 Å². The Morgan fingerprint density at radius 1 is 1.14 bits per heavy atom. The number of ether oxygens (including phenoxy) is 1. The van der Waals surface area contributed by atoms with Crippen LogP contribution < -0.4 is 10.6 Å². The van der Waals surface area contributed by atoms with E-state index in [0.29, 0.717) is 5.92 Å². The van der Waals surface area contributed by atoms with Crippen LogP contribution in [0, 0.1) is 5.92 Å². The molecule has 0 aromatic heterocycles. The highest BCUT2D eigenvalue weighted by Gasteiger charge is 2.00. The van der Waals surface area contributed by atoms with Crippen molar-refractivity contribution in [2.24, 2.45) is 10.9 Å². The van der Waals surface area contributed by atoms with Crippen molar-refractivity contribution in [2.45, 2.75) is 34.1 Å². The molecule has 21 heavy (non-hydrogen) atoms. The van der Waals surface area contributed by atoms with Gasteiger partial charge in [0.2, 0.25) is 0 Å². The molecule has 6 heteroatoms. The molecule has 128 valence electrons. The number of nitrogens with zero attached hydrogens (tertiary/aromatic N) is 2. The number of likely N-dealkylation sites (N-methyl/N-ethyl adjacent to an activating group) is 1. The van der Waals surface area contributed by atoms with Crippen molar-refractivity contribution in [2.75, 3.05) is 53.0 Å². The first kappa shape index (κ1) is 23.2. The summed E-state index contributed by atoms with van der Waals surface area (Å²) in [6.07, 6.45) is 1.00. The van der Waals surface area contributed by atoms with Crippen LogP contribution in [0.3, 0.4) is 0 Å². The number of rotatable bonds is 11. The fourth-order valence-corrected chi connectivity index (χ4v) is 1.79. The Bertz CT molecular complexity index is 246. The van der Waals surface area contributed by atoms with E-state index in [4.69, 9.17) is 4.74 Å². The van der Waals surface area contributed by atoms with Crippen molar-refractivity contribution < 1.29 is 4.74 Å². The van der Waals surface area contributed by atoms with Gasteiger partial charge in [-0.1, -0.05) is 27.7 Å². The van der Waals surface area contributed by atoms with Crippen LogP contribution in [0.25, 0.3) is 0 Å². The molecule has 0 unspecified atom stereocenters. The predicted molar refractivity (Wildman–Crippen MR) is 103 cm³/mol. The topological polar surface area (TPSA) is 48.9 Å². The van der Waals surface area contributed by atoms with Gasteiger partial charge in [0.1, 0.15) is 0 Å². The van der Waals surface area contributed by atoms with Crippen molar-refractivity contribution in [3.05, 3.63) is 0 Å². The van der Waals surface area contributed by atoms with Crippen LogP contribution in [0.1, 0.15) is 34.1 Å². The third-order valence-electron chi connectivity index (χ3n) is 3.05. The molecule has 0 aliphatic rings. The molecule has 0 heterocycles. The van der Waals surface area contributed by atoms with E-state index >= 15 is 0 Å². The Balaban J connectivity index is 0. The van der Waals surface area contributed by atoms with Gasteiger partial charge in [-0.15, -0.1) is 24.0 Å². The van der Waals surface area contributed by atoms with Crippen LogP contribution >= 0.6 is 24.0 Å². The Morgan fingerprint density at radius 3 is 2.29 bits per heavy atom. The minimum atomic E-state index is 0. The zero-order chi connectivity index (χ0) is 15.2. The first-order valence-corrected chi connectivity index (χ1v) is 7.88. The lowest BCUT2D eigenvalue weighted by Gasteiger charge is -2.19. The van der Waals surface area contributed by atoms with E-state index in [9.17, 15) is 0 Å². The van der Waals surface area contributed by atoms with Gasteiger partial charge in [0.25, 0.3) is 0 Å². The van der Waals surface area contributed by atoms with Gasteiger partial charge in [-0.2, -0.15) is 0 Å². The minimum absolute atomic E-state index is 0. The van der Waals surface area contributed by atoms with Crippen molar-refractivity contribution in [3.63, 3.8) is 0 Å². The summed E-state index contributed by atoms with van der Waals surface area (Å²) >= 11 is 0. The molecule has 0 saturated carbocycles. The first-order valence-electron chi connectivity index (χ1n) is 7.88. The maximum absolute atomic E-state index is 5.55. The first-order chi connectivity index (χ1) is 9.63. The summed E-state index contributed by atoms with van der Waals surface area (Å²) in [4.78, 5) is 6.61. The molecule has 0 spiro atoms. The molecule has 0 atom stereocenters. The molecule has 0 aliphatic heterocycles. The standard InChI is InChI=1S/C15H34N4O.HI/c1-6-19(7-2)11-10-18-15(16-5)17-9-8-12-20-13-14(3)4;/h14H,6-13H2,1-5H3,(H2,16,17,18);1H. The molecule has 0 aromatic rings. The van der Waals surface area contributed by atoms with Gasteiger partial charge in [0.15, 0.2) is 5.96 Å². The van der Waals surface area contributed by atoms with Gasteiger partial charge in [-0.3, -0.25) is 4.99 Å². The maximum Gasteiger partial charge on any atom is 0.191 e. The van der Waals surface area contributed by atoms with Gasteiger partial charge in [-0.05, 0) is 25.4 Å². The quantitative estimate of drug-likeness (QED) is 0.236. The number of aliphatic imine (C=N–C) groups is 1. The van der Waals surface area contributed by atoms with Gasteiger partial charge in [0, 0.05) is 39.9 Å². The summed E-state index contributed by atoms with van der Waals surface area (Å²) < 4.78 is 5.55. The molecule has 2 N–H and O–H groups in total. The second-order valence-corrected chi connectivity index (χ2v) is 5.27. The molecular weight excluding hydrogens is 379 g/mol. The Labute approximate surface area is 148 Å². The van der Waals surface area contributed by atoms with E-state index in [1.807, 2.05) is 7.05 Å². The Morgan fingerprint density at radius 2 is 1.76 bits per heavy atom. The zero-order valence-electron chi connectivity index (χ0n) is 14.4. The van der Waals surface area contributed by atoms with Crippen molar-refractivity contribution >= 4 is 29.9 Å². The molecule has 0 saturated heterocycles. The van der Waals surface area contributed by atoms with Crippen molar-refractivity contribution in [1.29, 1.82) is 0 Å². The van der Waals surface area contributed by atoms with Gasteiger partial charge >= 0.3 is 0 Å². The summed E-state index contributed by atoms with van der Waals surface area (Å²) in [5, 5.41) is 6.64. The average Bonchev–Trinajstić information content (AvgIpc) is 2.44. The summed E-state index contributed by atoms with van der Waals surface area (Å²) in [6, 6.07) is 0. The predicted octanol–water partition coefficient (Wildman–Crippen LogP) is 2.17. The second kappa shape index (κ2) is 16.3. The zero-order valence-corrected chi connectivity index (χ0v) is 16.8. The van der Waals surface area contributed by atoms with E-state index in [1.165, 1.54) is 0 Å². The Hall–Kier alpha value is -0.0800. The van der Waals surface area contributed by atoms with Crippen LogP contribution in [0.15, 0.2) is 4.99 Å². The summed E-state index contributed by atoms with van der Waals surface area (Å²) in [7, 11) is 1.81. The third-order valence-corrected chi connectivity index (χ3v) is 3.05. The molecule has 0 aromatic carbocycles. The van der Waals surface area contributed by atoms with Crippen molar-refractivity contribution in [3.8, 4) is 0 Å². The largest absolute Gasteiger partial charge is 0.381 e. The minimum Gasteiger partial charge on any atom is -0.381 e. The van der Waals surface area contributed by atoms with Gasteiger partial charge in [-0.25, -0.2) is 0 Å². The molecule has 5 nitrogen and oxygen atoms in total. The molecule has 0 aliphatic carbocycles. The van der Waals surface area contributed by atoms with E-state index in [2.05, 4.69) is 48.2 Å². The summed E-state index contributed by atoms with van der Waals surface area (Å²) in [6.45, 7) is 15.4. The fraction of sp³-hybridized carbons (Fsp3) is 0.933. The maximum atomic E-state index is 5.55. The lowest BCUT2D eigenvalue weighted by molar-refractivity contribution is 0.108. The van der Waals surface area contributed by atoms with E-state index in [0.717, 1.165) is 58.3 Å². The number of guanidine groups is 1. The molecule has 0 fully saturated rings. The number of hydrogen-bond donors (Lipinski definition) is 2. The highest BCUT2D eigenvalue weighted by atomic mass is 127. The van der Waals surface area contributed by atoms with E-state index in [-0.39, 0.29) is 24.0 Å². The molecule has 0 radical (unpaired) electrons. The van der Waals surface area contributed by atoms with Gasteiger partial charge < -0.3 is 20.3 Å². The van der Waals surface area contributed by atoms with Crippen molar-refractivity contribution in [1.82, 2.24) is 15.5 Å². The average molecular weight is 414 g/mol. The SMILES string of the molecule is CCN(CC)CCNC(=NC)NCCCOCC(C)C.I. The summed E-state index contributed by atoms with van der Waals surface area (Å²) in [5.41, 5.74) is 0. The van der Waals surface area contributed by atoms with Crippen LogP contribution in [0.4, 0.5) is 0 Å². The lowest BCUT2D eigenvalue weighted by atomic mass is 10.2. The number of hydrogen-bond acceptors (Lipinski definition) is 3. The molecule has 0 amide bonds. The lowest BCUT2D eigenvalue weighted by Crippen LogP contribution is -2.42. The van der Waals surface area contributed by atoms with Gasteiger partial charge in [0.05, 0.1) is 0 Å². The van der Waals surface area contributed by atoms with Crippen LogP contribution in [-0.4, -0.2) is 63.8 Å². The van der Waals surface area contributed by atoms with Crippen LogP contribution in [-0.2, 0) is 4.74 Å². The van der Waals surface area contributed by atoms with E-state index < -0.39 is 0 Å². The normalized spacial score (nSPS) is 11.7. The third kappa shape index (κ3) is 14.6. The summed E-state index contributed by atoms with van der Waals surface area (Å²) in [5.74, 6) is 1.48. The molecule has 0 rings (SSSR count). The molecular formula is C15H35IN4O. The highest BCUT2D eigenvalue weighted by molar-refractivity contribution is 14.0. The Kier molecular flexibility index (Phi) is 18.0. The fourth-order valence-electron chi connectivity index (χ4n) is 1.79. The monoisotopic (exact) mass is 414 g/mol. The van der Waals surface area contributed by atoms with Crippen LogP contribution in [0.5, 0.6) is 0 Å². The number of halogens is 1. The number of nitrogens with one attached hydrogen (secondary N) is 2. The smallest absolute Gasteiger partial charge is 0.191 e. The second-order valence-electron chi connectivity index (χ2n) is 5.27. The van der Waals surface area contributed by atoms with Crippen LogP contribution in [0.2, 0.25) is 0 Å².